The Kier molecular flexibility index (Phi) is 4.35. The second-order valence-electron chi connectivity index (χ2n) is 4.49. The molecule has 1 aliphatic carbocycles. The fourth-order valence-corrected chi connectivity index (χ4v) is 3.75. The summed E-state index contributed by atoms with van der Waals surface area (Å²) in [5.41, 5.74) is -4.43. The Morgan fingerprint density at radius 2 is 1.88 bits per heavy atom. The third-order valence-corrected chi connectivity index (χ3v) is 5.33. The van der Waals surface area contributed by atoms with Crippen molar-refractivity contribution in [2.24, 2.45) is 11.3 Å². The fourth-order valence-electron chi connectivity index (χ4n) is 1.86. The van der Waals surface area contributed by atoms with Gasteiger partial charge in [-0.3, -0.25) is 4.57 Å². The summed E-state index contributed by atoms with van der Waals surface area (Å²) in [5.74, 6) is -1.15. The van der Waals surface area contributed by atoms with Crippen molar-refractivity contribution in [3.05, 3.63) is 0 Å². The molecule has 0 spiro atoms. The lowest BCUT2D eigenvalue weighted by Crippen LogP contribution is -2.26. The average Bonchev–Trinajstić information content (AvgIpc) is 2.93. The van der Waals surface area contributed by atoms with Gasteiger partial charge in [0.05, 0.1) is 13.2 Å². The van der Waals surface area contributed by atoms with Crippen LogP contribution in [-0.2, 0) is 13.6 Å². The van der Waals surface area contributed by atoms with Crippen molar-refractivity contribution >= 4 is 7.60 Å². The van der Waals surface area contributed by atoms with Crippen LogP contribution < -0.4 is 0 Å². The first-order chi connectivity index (χ1) is 7.77. The molecule has 1 aliphatic rings. The molecule has 0 aromatic carbocycles. The molecule has 4 nitrogen and oxygen atoms in total. The summed E-state index contributed by atoms with van der Waals surface area (Å²) in [6.45, 7) is 3.95. The van der Waals surface area contributed by atoms with E-state index in [-0.39, 0.29) is 26.2 Å². The molecule has 0 bridgehead atoms. The zero-order valence-corrected chi connectivity index (χ0v) is 11.2. The fraction of sp³-hybridized carbons (Fsp3) is 1.00. The van der Waals surface area contributed by atoms with Crippen LogP contribution in [0.15, 0.2) is 0 Å². The van der Waals surface area contributed by atoms with Gasteiger partial charge >= 0.3 is 13.3 Å². The van der Waals surface area contributed by atoms with Crippen LogP contribution in [-0.4, -0.2) is 30.6 Å². The number of aliphatic hydroxyl groups excluding tert-OH is 1. The Balaban J connectivity index is 2.90. The Morgan fingerprint density at radius 1 is 1.41 bits per heavy atom. The van der Waals surface area contributed by atoms with E-state index in [1.54, 1.807) is 0 Å². The van der Waals surface area contributed by atoms with Crippen LogP contribution in [0.5, 0.6) is 0 Å². The Labute approximate surface area is 99.8 Å². The molecule has 0 amide bonds. The normalized spacial score (nSPS) is 29.4. The van der Waals surface area contributed by atoms with Gasteiger partial charge in [0.1, 0.15) is 0 Å². The van der Waals surface area contributed by atoms with Crippen molar-refractivity contribution < 1.29 is 27.5 Å². The maximum Gasteiger partial charge on any atom is 0.399 e. The van der Waals surface area contributed by atoms with Gasteiger partial charge in [-0.05, 0) is 20.3 Å². The molecular weight excluding hydrogens is 253 g/mol. The summed E-state index contributed by atoms with van der Waals surface area (Å²) < 4.78 is 49.6. The molecule has 7 heteroatoms. The molecule has 0 heterocycles. The highest BCUT2D eigenvalue weighted by molar-refractivity contribution is 7.55. The Bertz CT molecular complexity index is 313. The van der Waals surface area contributed by atoms with Crippen molar-refractivity contribution in [3.8, 4) is 0 Å². The van der Waals surface area contributed by atoms with Gasteiger partial charge in [-0.1, -0.05) is 6.92 Å². The van der Waals surface area contributed by atoms with E-state index in [0.717, 1.165) is 0 Å². The van der Waals surface area contributed by atoms with E-state index in [2.05, 4.69) is 9.05 Å². The second kappa shape index (κ2) is 4.92. The number of halogens is 2. The highest BCUT2D eigenvalue weighted by Gasteiger charge is 2.71. The van der Waals surface area contributed by atoms with Gasteiger partial charge < -0.3 is 14.2 Å². The van der Waals surface area contributed by atoms with E-state index in [9.17, 15) is 13.3 Å². The highest BCUT2D eigenvalue weighted by atomic mass is 31.2. The molecule has 0 saturated heterocycles. The van der Waals surface area contributed by atoms with Crippen LogP contribution in [0.3, 0.4) is 0 Å². The maximum absolute atomic E-state index is 14.1. The van der Waals surface area contributed by atoms with Crippen molar-refractivity contribution in [3.63, 3.8) is 0 Å². The van der Waals surface area contributed by atoms with Crippen molar-refractivity contribution in [1.82, 2.24) is 0 Å². The molecule has 0 aromatic heterocycles. The lowest BCUT2D eigenvalue weighted by molar-refractivity contribution is 0.00332. The molecular formula is C10H19F2O4P. The standard InChI is InChI=1S/C10H19F2O4P/c1-4-15-17(14,16-5-2)10(11,12)8-6-9(8,3)7-13/h8,13H,4-7H2,1-3H3/t8-,9+/m0/s1. The van der Waals surface area contributed by atoms with Gasteiger partial charge in [0.15, 0.2) is 0 Å². The molecule has 1 fully saturated rings. The quantitative estimate of drug-likeness (QED) is 0.724. The van der Waals surface area contributed by atoms with Gasteiger partial charge in [-0.25, -0.2) is 0 Å². The van der Waals surface area contributed by atoms with Gasteiger partial charge in [0.2, 0.25) is 0 Å². The maximum atomic E-state index is 14.1. The first kappa shape index (κ1) is 15.0. The van der Waals surface area contributed by atoms with E-state index in [1.807, 2.05) is 0 Å². The van der Waals surface area contributed by atoms with Crippen LogP contribution in [0.4, 0.5) is 8.78 Å². The van der Waals surface area contributed by atoms with Crippen LogP contribution in [0.1, 0.15) is 27.2 Å². The molecule has 0 aliphatic heterocycles. The summed E-state index contributed by atoms with van der Waals surface area (Å²) in [6.07, 6.45) is 0.126. The number of rotatable bonds is 7. The molecule has 1 rings (SSSR count). The van der Waals surface area contributed by atoms with E-state index in [4.69, 9.17) is 5.11 Å². The van der Waals surface area contributed by atoms with Crippen LogP contribution in [0.25, 0.3) is 0 Å². The van der Waals surface area contributed by atoms with Gasteiger partial charge in [-0.2, -0.15) is 8.78 Å². The van der Waals surface area contributed by atoms with Crippen molar-refractivity contribution in [1.29, 1.82) is 0 Å². The van der Waals surface area contributed by atoms with E-state index in [0.29, 0.717) is 0 Å². The van der Waals surface area contributed by atoms with Crippen molar-refractivity contribution in [2.75, 3.05) is 19.8 Å². The lowest BCUT2D eigenvalue weighted by atomic mass is 10.1. The molecule has 102 valence electrons. The third-order valence-electron chi connectivity index (χ3n) is 3.10. The van der Waals surface area contributed by atoms with Crippen LogP contribution >= 0.6 is 7.60 Å². The van der Waals surface area contributed by atoms with E-state index >= 15 is 0 Å². The van der Waals surface area contributed by atoms with Crippen molar-refractivity contribution in [2.45, 2.75) is 32.9 Å². The summed E-state index contributed by atoms with van der Waals surface area (Å²) >= 11 is 0. The SMILES string of the molecule is CCOP(=O)(OCC)C(F)(F)[C@H]1C[C@]1(C)CO. The Hall–Kier alpha value is -0.0300. The summed E-state index contributed by atoms with van der Waals surface area (Å²) in [6, 6.07) is 0. The first-order valence-corrected chi connectivity index (χ1v) is 7.19. The zero-order valence-electron chi connectivity index (χ0n) is 10.3. The molecule has 2 atom stereocenters. The average molecular weight is 272 g/mol. The van der Waals surface area contributed by atoms with Gasteiger partial charge in [0, 0.05) is 17.9 Å². The molecule has 0 unspecified atom stereocenters. The largest absolute Gasteiger partial charge is 0.399 e. The van der Waals surface area contributed by atoms with E-state index in [1.165, 1.54) is 20.8 Å². The molecule has 0 radical (unpaired) electrons. The van der Waals surface area contributed by atoms with Crippen LogP contribution in [0, 0.1) is 11.3 Å². The molecule has 1 N–H and O–H groups in total. The summed E-state index contributed by atoms with van der Waals surface area (Å²) in [5, 5.41) is 9.02. The minimum atomic E-state index is -4.45. The van der Waals surface area contributed by atoms with Crippen LogP contribution in [0.2, 0.25) is 0 Å². The smallest absolute Gasteiger partial charge is 0.396 e. The van der Waals surface area contributed by atoms with E-state index < -0.39 is 24.6 Å². The molecule has 0 aromatic rings. The second-order valence-corrected chi connectivity index (χ2v) is 6.60. The first-order valence-electron chi connectivity index (χ1n) is 5.65. The predicted molar refractivity (Wildman–Crippen MR) is 59.1 cm³/mol. The Morgan fingerprint density at radius 3 is 2.18 bits per heavy atom. The monoisotopic (exact) mass is 272 g/mol. The number of aliphatic hydroxyl groups is 1. The minimum absolute atomic E-state index is 0.102. The van der Waals surface area contributed by atoms with Gasteiger partial charge in [-0.15, -0.1) is 0 Å². The lowest BCUT2D eigenvalue weighted by Gasteiger charge is -2.27. The summed E-state index contributed by atoms with van der Waals surface area (Å²) in [4.78, 5) is 0. The number of alkyl halides is 2. The zero-order chi connectivity index (χ0) is 13.3. The number of hydrogen-bond acceptors (Lipinski definition) is 4. The van der Waals surface area contributed by atoms with Gasteiger partial charge in [0.25, 0.3) is 0 Å². The molecule has 17 heavy (non-hydrogen) atoms. The predicted octanol–water partition coefficient (Wildman–Crippen LogP) is 2.86. The minimum Gasteiger partial charge on any atom is -0.396 e. The third kappa shape index (κ3) is 2.55. The molecule has 1 saturated carbocycles. The topological polar surface area (TPSA) is 55.8 Å². The summed E-state index contributed by atoms with van der Waals surface area (Å²) in [7, 11) is -4.45. The highest BCUT2D eigenvalue weighted by Crippen LogP contribution is 2.73. The number of hydrogen-bond donors (Lipinski definition) is 1.